The van der Waals surface area contributed by atoms with Crippen molar-refractivity contribution in [2.75, 3.05) is 62.8 Å². The number of rotatable bonds is 7. The van der Waals surface area contributed by atoms with Crippen LogP contribution in [-0.4, -0.2) is 97.7 Å². The summed E-state index contributed by atoms with van der Waals surface area (Å²) in [7, 11) is 1.69. The number of aromatic hydroxyl groups is 1. The number of hydrogen-bond acceptors (Lipinski definition) is 9. The molecule has 4 aromatic carbocycles. The minimum absolute atomic E-state index is 0.104. The quantitative estimate of drug-likeness (QED) is 0.196. The number of halogens is 1. The number of fused-ring (bicyclic) bond motifs is 6. The van der Waals surface area contributed by atoms with Gasteiger partial charge in [0, 0.05) is 68.8 Å². The van der Waals surface area contributed by atoms with Crippen LogP contribution < -0.4 is 24.6 Å². The van der Waals surface area contributed by atoms with E-state index in [0.717, 1.165) is 98.8 Å². The minimum atomic E-state index is -0.648. The van der Waals surface area contributed by atoms with E-state index in [-0.39, 0.29) is 47.7 Å². The number of ether oxygens (including phenoxy) is 2. The van der Waals surface area contributed by atoms with E-state index < -0.39 is 11.9 Å². The molecule has 4 aromatic rings. The van der Waals surface area contributed by atoms with E-state index in [1.54, 1.807) is 24.1 Å². The predicted molar refractivity (Wildman–Crippen MR) is 233 cm³/mol. The third kappa shape index (κ3) is 6.67. The number of imide groups is 1. The van der Waals surface area contributed by atoms with Crippen LogP contribution in [0.25, 0.3) is 0 Å². The average molecular weight is 840 g/mol. The van der Waals surface area contributed by atoms with Gasteiger partial charge in [-0.25, -0.2) is 4.39 Å². The number of carbonyl (C=O) groups excluding carboxylic acids is 3. The largest absolute Gasteiger partial charge is 0.508 e. The number of amides is 3. The number of piperidine rings is 2. The molecule has 0 radical (unpaired) electrons. The van der Waals surface area contributed by atoms with E-state index in [9.17, 15) is 19.5 Å². The molecular weight excluding hydrogens is 786 g/mol. The van der Waals surface area contributed by atoms with Gasteiger partial charge in [-0.1, -0.05) is 36.4 Å². The Hall–Kier alpha value is -5.62. The van der Waals surface area contributed by atoms with Crippen molar-refractivity contribution in [2.45, 2.75) is 81.8 Å². The van der Waals surface area contributed by atoms with Gasteiger partial charge in [-0.2, -0.15) is 0 Å². The van der Waals surface area contributed by atoms with Gasteiger partial charge in [0.1, 0.15) is 35.7 Å². The van der Waals surface area contributed by atoms with Gasteiger partial charge in [0.25, 0.3) is 5.91 Å². The van der Waals surface area contributed by atoms with Crippen LogP contribution in [0.2, 0.25) is 0 Å². The van der Waals surface area contributed by atoms with Crippen molar-refractivity contribution < 1.29 is 33.4 Å². The van der Waals surface area contributed by atoms with Crippen molar-refractivity contribution in [2.24, 2.45) is 11.3 Å². The lowest BCUT2D eigenvalue weighted by atomic mass is 9.57. The van der Waals surface area contributed by atoms with Crippen LogP contribution in [-0.2, 0) is 22.6 Å². The van der Waals surface area contributed by atoms with Crippen LogP contribution in [0, 0.1) is 17.2 Å². The molecule has 3 saturated heterocycles. The topological polar surface area (TPSA) is 115 Å². The second kappa shape index (κ2) is 15.3. The van der Waals surface area contributed by atoms with E-state index in [0.29, 0.717) is 47.8 Å². The van der Waals surface area contributed by atoms with Crippen molar-refractivity contribution >= 4 is 29.1 Å². The zero-order valence-electron chi connectivity index (χ0n) is 35.3. The third-order valence-corrected chi connectivity index (χ3v) is 15.5. The standard InChI is InChI=1S/C50H54FN5O6/c1-61-44-22-38(46-35(31-5-3-2-4-6-31)9-7-32-21-34(57)8-10-36(32)46)40(51)23-43(44)54-17-15-50(16-18-54)24-30(25-50)26-53-19-20-55-33(27-53)29-62-47-39-28-56(42-13-14-45(58)52-48(42)59)49(60)37(39)11-12-41(47)55/h2-6,8,10-12,21-23,30,33,35,42,46,57H,7,9,13-20,24-29H2,1H3,(H,52,58,59)/t33-,35+,42+,46-/m1/s1. The highest BCUT2D eigenvalue weighted by Crippen LogP contribution is 2.55. The van der Waals surface area contributed by atoms with E-state index in [1.165, 1.54) is 18.4 Å². The monoisotopic (exact) mass is 839 g/mol. The second-order valence-corrected chi connectivity index (χ2v) is 19.0. The molecule has 5 aliphatic heterocycles. The fourth-order valence-corrected chi connectivity index (χ4v) is 12.5. The molecule has 1 saturated carbocycles. The van der Waals surface area contributed by atoms with Crippen molar-refractivity contribution in [1.29, 1.82) is 0 Å². The van der Waals surface area contributed by atoms with Crippen molar-refractivity contribution in [1.82, 2.24) is 15.1 Å². The number of hydrogen-bond donors (Lipinski definition) is 2. The molecule has 11 nitrogen and oxygen atoms in total. The third-order valence-electron chi connectivity index (χ3n) is 15.5. The lowest BCUT2D eigenvalue weighted by molar-refractivity contribution is -0.136. The number of methoxy groups -OCH3 is 1. The van der Waals surface area contributed by atoms with E-state index >= 15 is 4.39 Å². The fraction of sp³-hybridized carbons (Fsp3) is 0.460. The van der Waals surface area contributed by atoms with E-state index in [4.69, 9.17) is 9.47 Å². The fourth-order valence-electron chi connectivity index (χ4n) is 12.5. The lowest BCUT2D eigenvalue weighted by Crippen LogP contribution is -2.59. The zero-order chi connectivity index (χ0) is 42.3. The molecule has 2 N–H and O–H groups in total. The Bertz CT molecular complexity index is 2450. The molecule has 3 amide bonds. The Morgan fingerprint density at radius 3 is 2.50 bits per heavy atom. The normalized spacial score (nSPS) is 25.6. The predicted octanol–water partition coefficient (Wildman–Crippen LogP) is 6.74. The molecule has 4 fully saturated rings. The van der Waals surface area contributed by atoms with Gasteiger partial charge in [0.05, 0.1) is 31.1 Å². The molecule has 5 heterocycles. The molecule has 0 aromatic heterocycles. The van der Waals surface area contributed by atoms with Gasteiger partial charge >= 0.3 is 0 Å². The van der Waals surface area contributed by atoms with Gasteiger partial charge in [-0.05, 0) is 115 Å². The summed E-state index contributed by atoms with van der Waals surface area (Å²) < 4.78 is 29.1. The molecule has 0 unspecified atom stereocenters. The molecule has 2 aliphatic carbocycles. The smallest absolute Gasteiger partial charge is 0.255 e. The second-order valence-electron chi connectivity index (χ2n) is 19.0. The van der Waals surface area contributed by atoms with Crippen LogP contribution >= 0.6 is 0 Å². The van der Waals surface area contributed by atoms with Crippen LogP contribution in [0.4, 0.5) is 15.8 Å². The summed E-state index contributed by atoms with van der Waals surface area (Å²) >= 11 is 0. The van der Waals surface area contributed by atoms with Gasteiger partial charge in [-0.3, -0.25) is 24.6 Å². The maximum absolute atomic E-state index is 16.6. The first-order chi connectivity index (χ1) is 30.1. The number of nitrogens with one attached hydrogen (secondary N) is 1. The Morgan fingerprint density at radius 2 is 1.71 bits per heavy atom. The lowest BCUT2D eigenvalue weighted by Gasteiger charge is -2.54. The summed E-state index contributed by atoms with van der Waals surface area (Å²) in [5, 5.41) is 12.7. The number of aryl methyl sites for hydroxylation is 1. The highest BCUT2D eigenvalue weighted by Gasteiger charge is 2.48. The van der Waals surface area contributed by atoms with Crippen molar-refractivity contribution in [3.63, 3.8) is 0 Å². The summed E-state index contributed by atoms with van der Waals surface area (Å²) in [5.41, 5.74) is 7.59. The Labute approximate surface area is 361 Å². The molecule has 1 spiro atoms. The highest BCUT2D eigenvalue weighted by atomic mass is 19.1. The van der Waals surface area contributed by atoms with Crippen LogP contribution in [0.5, 0.6) is 17.2 Å². The van der Waals surface area contributed by atoms with Crippen molar-refractivity contribution in [3.05, 3.63) is 112 Å². The first-order valence-corrected chi connectivity index (χ1v) is 22.6. The molecule has 12 heteroatoms. The molecular formula is C50H54FN5O6. The van der Waals surface area contributed by atoms with Crippen molar-refractivity contribution in [3.8, 4) is 17.2 Å². The summed E-state index contributed by atoms with van der Waals surface area (Å²) in [6, 6.07) is 23.1. The molecule has 0 bridgehead atoms. The summed E-state index contributed by atoms with van der Waals surface area (Å²) in [6.07, 6.45) is 6.87. The number of piperazine rings is 1. The Balaban J connectivity index is 0.716. The van der Waals surface area contributed by atoms with Crippen LogP contribution in [0.15, 0.2) is 72.8 Å². The highest BCUT2D eigenvalue weighted by molar-refractivity contribution is 6.06. The maximum atomic E-state index is 16.6. The number of benzene rings is 4. The molecule has 62 heavy (non-hydrogen) atoms. The number of carbonyl (C=O) groups is 3. The molecule has 4 atom stereocenters. The molecule has 11 rings (SSSR count). The molecule has 322 valence electrons. The molecule has 7 aliphatic rings. The minimum Gasteiger partial charge on any atom is -0.508 e. The van der Waals surface area contributed by atoms with Gasteiger partial charge in [0.2, 0.25) is 11.8 Å². The Kier molecular flexibility index (Phi) is 9.70. The van der Waals surface area contributed by atoms with Crippen LogP contribution in [0.3, 0.4) is 0 Å². The number of phenols is 1. The maximum Gasteiger partial charge on any atom is 0.255 e. The summed E-state index contributed by atoms with van der Waals surface area (Å²) in [5.74, 6) is 1.19. The number of phenolic OH excluding ortho intramolecular Hbond substituents is 1. The van der Waals surface area contributed by atoms with Crippen LogP contribution in [0.1, 0.15) is 95.0 Å². The SMILES string of the molecule is COc1cc([C@H]2c3ccc(O)cc3CC[C@H]2c2ccccc2)c(F)cc1N1CCC2(CC1)CC(CN1CCN3c4ccc5c(c4OC[C@H]3C1)CN([C@H]1CCC(=O)NC1=O)C5=O)C2. The van der Waals surface area contributed by atoms with Gasteiger partial charge in [0.15, 0.2) is 0 Å². The summed E-state index contributed by atoms with van der Waals surface area (Å²) in [4.78, 5) is 46.7. The average Bonchev–Trinajstić information content (AvgIpc) is 3.61. The van der Waals surface area contributed by atoms with Gasteiger partial charge < -0.3 is 29.3 Å². The summed E-state index contributed by atoms with van der Waals surface area (Å²) in [6.45, 7) is 6.47. The Morgan fingerprint density at radius 1 is 0.887 bits per heavy atom. The van der Waals surface area contributed by atoms with Gasteiger partial charge in [-0.15, -0.1) is 0 Å². The number of nitrogens with zero attached hydrogens (tertiary/aromatic N) is 4. The zero-order valence-corrected chi connectivity index (χ0v) is 35.3. The number of anilines is 2. The first-order valence-electron chi connectivity index (χ1n) is 22.6. The first kappa shape index (κ1) is 39.2. The van der Waals surface area contributed by atoms with E-state index in [2.05, 4.69) is 44.3 Å². The van der Waals surface area contributed by atoms with E-state index in [1.807, 2.05) is 36.4 Å².